The molecule has 1 atom stereocenters. The summed E-state index contributed by atoms with van der Waals surface area (Å²) in [6, 6.07) is 18.7. The molecule has 0 aliphatic carbocycles. The molecule has 0 saturated carbocycles. The molecule has 1 saturated heterocycles. The Labute approximate surface area is 168 Å². The second kappa shape index (κ2) is 8.82. The molecular formula is C22H24N2O3S. The number of ether oxygens (including phenoxy) is 1. The average Bonchev–Trinajstić information content (AvgIpc) is 2.90. The number of rotatable bonds is 5. The van der Waals surface area contributed by atoms with Crippen molar-refractivity contribution in [3.63, 3.8) is 0 Å². The molecule has 1 amide bonds. The first kappa shape index (κ1) is 19.1. The zero-order valence-electron chi connectivity index (χ0n) is 15.7. The molecule has 1 aliphatic rings. The summed E-state index contributed by atoms with van der Waals surface area (Å²) < 4.78 is 7.55. The first-order chi connectivity index (χ1) is 13.7. The maximum atomic E-state index is 12.6. The quantitative estimate of drug-likeness (QED) is 0.674. The van der Waals surface area contributed by atoms with Crippen LogP contribution in [0.2, 0.25) is 0 Å². The second-order valence-electron chi connectivity index (χ2n) is 6.98. The van der Waals surface area contributed by atoms with Crippen molar-refractivity contribution in [2.45, 2.75) is 17.5 Å². The number of thioether (sulfide) groups is 1. The van der Waals surface area contributed by atoms with Gasteiger partial charge >= 0.3 is 0 Å². The zero-order chi connectivity index (χ0) is 19.3. The molecule has 28 heavy (non-hydrogen) atoms. The van der Waals surface area contributed by atoms with Gasteiger partial charge in [-0.1, -0.05) is 48.5 Å². The molecule has 4 rings (SSSR count). The zero-order valence-corrected chi connectivity index (χ0v) is 16.5. The third-order valence-electron chi connectivity index (χ3n) is 4.90. The van der Waals surface area contributed by atoms with Gasteiger partial charge < -0.3 is 19.3 Å². The molecule has 0 spiro atoms. The smallest absolute Gasteiger partial charge is 0.233 e. The lowest BCUT2D eigenvalue weighted by atomic mass is 10.2. The molecule has 146 valence electrons. The van der Waals surface area contributed by atoms with E-state index in [1.54, 1.807) is 16.7 Å². The maximum Gasteiger partial charge on any atom is 0.233 e. The number of β-amino-alcohol motifs (C(OH)–C–C–N with tert-alkyl or cyclic N) is 1. The highest BCUT2D eigenvalue weighted by Crippen LogP contribution is 2.30. The van der Waals surface area contributed by atoms with Gasteiger partial charge in [0.2, 0.25) is 5.91 Å². The third-order valence-corrected chi connectivity index (χ3v) is 5.93. The van der Waals surface area contributed by atoms with Gasteiger partial charge in [-0.05, 0) is 11.6 Å². The van der Waals surface area contributed by atoms with E-state index in [1.807, 2.05) is 18.2 Å². The lowest BCUT2D eigenvalue weighted by Crippen LogP contribution is -2.38. The molecule has 6 heteroatoms. The van der Waals surface area contributed by atoms with Crippen LogP contribution in [0.1, 0.15) is 5.56 Å². The van der Waals surface area contributed by atoms with Gasteiger partial charge in [0.15, 0.2) is 0 Å². The van der Waals surface area contributed by atoms with Gasteiger partial charge in [-0.25, -0.2) is 0 Å². The number of benzene rings is 2. The van der Waals surface area contributed by atoms with E-state index in [9.17, 15) is 9.90 Å². The largest absolute Gasteiger partial charge is 0.389 e. The number of para-hydroxylation sites is 1. The van der Waals surface area contributed by atoms with E-state index in [4.69, 9.17) is 4.74 Å². The molecule has 1 aliphatic heterocycles. The minimum atomic E-state index is -0.607. The molecule has 2 heterocycles. The van der Waals surface area contributed by atoms with Crippen LogP contribution in [0.25, 0.3) is 10.9 Å². The molecular weight excluding hydrogens is 372 g/mol. The summed E-state index contributed by atoms with van der Waals surface area (Å²) in [5.74, 6) is 0.390. The highest BCUT2D eigenvalue weighted by atomic mass is 32.2. The summed E-state index contributed by atoms with van der Waals surface area (Å²) in [6.07, 6.45) is 1.53. The molecule has 1 unspecified atom stereocenters. The van der Waals surface area contributed by atoms with Crippen LogP contribution in [0.4, 0.5) is 0 Å². The van der Waals surface area contributed by atoms with Crippen LogP contribution >= 0.6 is 11.8 Å². The number of carbonyl (C=O) groups excluding carboxylic acids is 1. The van der Waals surface area contributed by atoms with Crippen molar-refractivity contribution in [1.29, 1.82) is 0 Å². The standard InChI is InChI=1S/C22H24N2O3S/c25-18-13-23(10-11-27-15-18)22(26)16-28-21-14-24(12-17-6-2-1-3-7-17)20-9-5-4-8-19(20)21/h1-9,14,18,25H,10-13,15-16H2. The number of hydrogen-bond acceptors (Lipinski definition) is 4. The number of hydrogen-bond donors (Lipinski definition) is 1. The van der Waals surface area contributed by atoms with Gasteiger partial charge in [-0.3, -0.25) is 4.79 Å². The van der Waals surface area contributed by atoms with Crippen LogP contribution in [0.5, 0.6) is 0 Å². The summed E-state index contributed by atoms with van der Waals surface area (Å²) in [7, 11) is 0. The molecule has 2 aromatic carbocycles. The van der Waals surface area contributed by atoms with Crippen molar-refractivity contribution in [3.8, 4) is 0 Å². The first-order valence-electron chi connectivity index (χ1n) is 9.49. The van der Waals surface area contributed by atoms with Gasteiger partial charge in [0.1, 0.15) is 0 Å². The van der Waals surface area contributed by atoms with Gasteiger partial charge in [-0.2, -0.15) is 0 Å². The topological polar surface area (TPSA) is 54.7 Å². The predicted molar refractivity (Wildman–Crippen MR) is 112 cm³/mol. The number of amides is 1. The van der Waals surface area contributed by atoms with E-state index >= 15 is 0 Å². The van der Waals surface area contributed by atoms with E-state index in [-0.39, 0.29) is 5.91 Å². The van der Waals surface area contributed by atoms with Crippen molar-refractivity contribution in [3.05, 3.63) is 66.4 Å². The molecule has 1 N–H and O–H groups in total. The first-order valence-corrected chi connectivity index (χ1v) is 10.5. The Bertz CT molecular complexity index is 941. The van der Waals surface area contributed by atoms with Gasteiger partial charge in [0, 0.05) is 41.6 Å². The summed E-state index contributed by atoms with van der Waals surface area (Å²) in [5, 5.41) is 11.0. The Morgan fingerprint density at radius 2 is 1.93 bits per heavy atom. The Hall–Kier alpha value is -2.28. The average molecular weight is 397 g/mol. The van der Waals surface area contributed by atoms with Crippen molar-refractivity contribution in [1.82, 2.24) is 9.47 Å². The molecule has 1 fully saturated rings. The van der Waals surface area contributed by atoms with Gasteiger partial charge in [-0.15, -0.1) is 11.8 Å². The summed E-state index contributed by atoms with van der Waals surface area (Å²) in [4.78, 5) is 15.4. The van der Waals surface area contributed by atoms with E-state index in [2.05, 4.69) is 47.2 Å². The summed E-state index contributed by atoms with van der Waals surface area (Å²) >= 11 is 1.56. The Morgan fingerprint density at radius 1 is 1.14 bits per heavy atom. The van der Waals surface area contributed by atoms with E-state index in [0.29, 0.717) is 32.1 Å². The Balaban J connectivity index is 1.50. The summed E-state index contributed by atoms with van der Waals surface area (Å²) in [6.45, 7) is 2.45. The normalized spacial score (nSPS) is 17.6. The van der Waals surface area contributed by atoms with Crippen LogP contribution in [0, 0.1) is 0 Å². The maximum absolute atomic E-state index is 12.6. The second-order valence-corrected chi connectivity index (χ2v) is 8.00. The van der Waals surface area contributed by atoms with Crippen LogP contribution < -0.4 is 0 Å². The van der Waals surface area contributed by atoms with Gasteiger partial charge in [0.05, 0.1) is 25.1 Å². The number of fused-ring (bicyclic) bond motifs is 1. The number of nitrogens with zero attached hydrogens (tertiary/aromatic N) is 2. The fourth-order valence-electron chi connectivity index (χ4n) is 3.49. The number of aromatic nitrogens is 1. The highest BCUT2D eigenvalue weighted by Gasteiger charge is 2.21. The predicted octanol–water partition coefficient (Wildman–Crippen LogP) is 3.00. The van der Waals surface area contributed by atoms with Crippen molar-refractivity contribution >= 4 is 28.6 Å². The van der Waals surface area contributed by atoms with Crippen molar-refractivity contribution < 1.29 is 14.6 Å². The molecule has 5 nitrogen and oxygen atoms in total. The van der Waals surface area contributed by atoms with Crippen LogP contribution in [-0.2, 0) is 16.1 Å². The Morgan fingerprint density at radius 3 is 2.79 bits per heavy atom. The minimum absolute atomic E-state index is 0.0365. The lowest BCUT2D eigenvalue weighted by molar-refractivity contribution is -0.129. The molecule has 0 bridgehead atoms. The molecule has 0 radical (unpaired) electrons. The lowest BCUT2D eigenvalue weighted by Gasteiger charge is -2.21. The van der Waals surface area contributed by atoms with Gasteiger partial charge in [0.25, 0.3) is 0 Å². The molecule has 1 aromatic heterocycles. The monoisotopic (exact) mass is 396 g/mol. The fraction of sp³-hybridized carbons (Fsp3) is 0.318. The fourth-order valence-corrected chi connectivity index (χ4v) is 4.48. The number of carbonyl (C=O) groups is 1. The number of aliphatic hydroxyl groups is 1. The molecule has 3 aromatic rings. The van der Waals surface area contributed by atoms with Crippen LogP contribution in [-0.4, -0.2) is 58.6 Å². The SMILES string of the molecule is O=C(CSc1cn(Cc2ccccc2)c2ccccc12)N1CCOCC(O)C1. The van der Waals surface area contributed by atoms with Crippen LogP contribution in [0.15, 0.2) is 65.7 Å². The van der Waals surface area contributed by atoms with E-state index in [0.717, 1.165) is 16.8 Å². The van der Waals surface area contributed by atoms with E-state index in [1.165, 1.54) is 11.1 Å². The highest BCUT2D eigenvalue weighted by molar-refractivity contribution is 8.00. The minimum Gasteiger partial charge on any atom is -0.389 e. The third kappa shape index (κ3) is 4.41. The van der Waals surface area contributed by atoms with Crippen LogP contribution in [0.3, 0.4) is 0 Å². The summed E-state index contributed by atoms with van der Waals surface area (Å²) in [5.41, 5.74) is 2.41. The van der Waals surface area contributed by atoms with Crippen molar-refractivity contribution in [2.75, 3.05) is 32.1 Å². The van der Waals surface area contributed by atoms with Crippen molar-refractivity contribution in [2.24, 2.45) is 0 Å². The number of aliphatic hydroxyl groups excluding tert-OH is 1. The van der Waals surface area contributed by atoms with E-state index < -0.39 is 6.10 Å². The Kier molecular flexibility index (Phi) is 6.00.